The van der Waals surface area contributed by atoms with Crippen molar-refractivity contribution in [3.63, 3.8) is 0 Å². The summed E-state index contributed by atoms with van der Waals surface area (Å²) in [6.07, 6.45) is 1.10. The van der Waals surface area contributed by atoms with Crippen molar-refractivity contribution in [2.75, 3.05) is 5.32 Å². The van der Waals surface area contributed by atoms with Crippen LogP contribution in [0.1, 0.15) is 29.4 Å². The molecule has 3 unspecified atom stereocenters. The quantitative estimate of drug-likeness (QED) is 0.577. The number of nitrogens with one attached hydrogen (secondary N) is 3. The van der Waals surface area contributed by atoms with Crippen molar-refractivity contribution < 1.29 is 27.3 Å². The molecule has 2 heterocycles. The van der Waals surface area contributed by atoms with Gasteiger partial charge < -0.3 is 15.0 Å². The van der Waals surface area contributed by atoms with Gasteiger partial charge in [0, 0.05) is 42.7 Å². The lowest BCUT2D eigenvalue weighted by atomic mass is 10.0. The van der Waals surface area contributed by atoms with Crippen LogP contribution in [0.3, 0.4) is 0 Å². The van der Waals surface area contributed by atoms with Gasteiger partial charge in [-0.25, -0.2) is 26.9 Å². The lowest BCUT2D eigenvalue weighted by Crippen LogP contribution is -2.40. The molecule has 7 nitrogen and oxygen atoms in total. The maximum atomic E-state index is 13.4. The van der Waals surface area contributed by atoms with E-state index in [1.165, 1.54) is 24.7 Å². The van der Waals surface area contributed by atoms with E-state index in [1.807, 2.05) is 0 Å². The van der Waals surface area contributed by atoms with Crippen LogP contribution in [0.25, 0.3) is 0 Å². The van der Waals surface area contributed by atoms with Crippen molar-refractivity contribution in [2.24, 2.45) is 7.05 Å². The summed E-state index contributed by atoms with van der Waals surface area (Å²) in [5.41, 5.74) is 0.128. The van der Waals surface area contributed by atoms with Crippen LogP contribution in [0, 0.1) is 22.2 Å². The predicted octanol–water partition coefficient (Wildman–Crippen LogP) is 2.30. The van der Waals surface area contributed by atoms with E-state index in [9.17, 15) is 27.3 Å². The van der Waals surface area contributed by atoms with Crippen LogP contribution in [-0.2, 0) is 23.4 Å². The molecule has 2 aromatic rings. The molecule has 3 atom stereocenters. The van der Waals surface area contributed by atoms with Gasteiger partial charge in [-0.2, -0.15) is 0 Å². The minimum atomic E-state index is -3.48. The number of fused-ring (bicyclic) bond motifs is 1. The summed E-state index contributed by atoms with van der Waals surface area (Å²) in [5.74, 6) is -5.28. The first-order chi connectivity index (χ1) is 13.0. The summed E-state index contributed by atoms with van der Waals surface area (Å²) >= 11 is 0. The first kappa shape index (κ1) is 20.4. The molecule has 1 aliphatic heterocycles. The largest absolute Gasteiger partial charge is 0.392 e. The summed E-state index contributed by atoms with van der Waals surface area (Å²) in [4.78, 5) is 12.8. The van der Waals surface area contributed by atoms with E-state index in [-0.39, 0.29) is 22.7 Å². The van der Waals surface area contributed by atoms with Crippen molar-refractivity contribution in [2.45, 2.75) is 36.8 Å². The van der Waals surface area contributed by atoms with Gasteiger partial charge in [0.1, 0.15) is 15.6 Å². The number of nitrogens with zero attached hydrogens (tertiary/aromatic N) is 1. The fourth-order valence-corrected chi connectivity index (χ4v) is 4.95. The van der Waals surface area contributed by atoms with Crippen LogP contribution >= 0.6 is 0 Å². The van der Waals surface area contributed by atoms with Gasteiger partial charge in [-0.15, -0.1) is 0 Å². The number of hydrogen-bond acceptors (Lipinski definition) is 4. The van der Waals surface area contributed by atoms with E-state index in [1.54, 1.807) is 0 Å². The molecule has 11 heteroatoms. The second-order valence-corrected chi connectivity index (χ2v) is 8.49. The maximum absolute atomic E-state index is 13.4. The summed E-state index contributed by atoms with van der Waals surface area (Å²) in [6, 6.07) is 0.701. The van der Waals surface area contributed by atoms with E-state index in [0.29, 0.717) is 24.1 Å². The molecule has 4 N–H and O–H groups in total. The highest BCUT2D eigenvalue weighted by atomic mass is 32.2. The number of anilines is 1. The Balaban J connectivity index is 1.99. The van der Waals surface area contributed by atoms with E-state index in [0.717, 1.165) is 0 Å². The molecule has 0 radical (unpaired) electrons. The van der Waals surface area contributed by atoms with E-state index >= 15 is 0 Å². The number of hydrogen-bond donors (Lipinski definition) is 4. The molecule has 1 aliphatic rings. The molecule has 1 aromatic heterocycles. The Morgan fingerprint density at radius 1 is 1.39 bits per heavy atom. The summed E-state index contributed by atoms with van der Waals surface area (Å²) in [7, 11) is -1.97. The number of aliphatic hydroxyl groups excluding tert-OH is 1. The number of carbonyl (C=O) groups is 1. The van der Waals surface area contributed by atoms with Gasteiger partial charge in [-0.05, 0) is 19.8 Å². The lowest BCUT2D eigenvalue weighted by Gasteiger charge is -2.19. The first-order valence-corrected chi connectivity index (χ1v) is 9.95. The van der Waals surface area contributed by atoms with Crippen LogP contribution in [0.2, 0.25) is 0 Å². The van der Waals surface area contributed by atoms with Gasteiger partial charge in [0.15, 0.2) is 17.5 Å². The van der Waals surface area contributed by atoms with Crippen LogP contribution < -0.4 is 10.0 Å². The third-order valence-electron chi connectivity index (χ3n) is 4.62. The predicted molar refractivity (Wildman–Crippen MR) is 95.7 cm³/mol. The van der Waals surface area contributed by atoms with Crippen molar-refractivity contribution in [3.05, 3.63) is 47.0 Å². The number of halogens is 3. The number of amides is 1. The Morgan fingerprint density at radius 3 is 2.57 bits per heavy atom. The highest BCUT2D eigenvalue weighted by molar-refractivity contribution is 7.90. The SMILES string of the molecule is CC(O)C1CCc2c(cn(C)c2C(=O)Nc2cc(F)c(F)c(F)c2)S(=N)(=O)N1. The Morgan fingerprint density at radius 2 is 2.00 bits per heavy atom. The maximum Gasteiger partial charge on any atom is 0.272 e. The van der Waals surface area contributed by atoms with Crippen LogP contribution in [0.4, 0.5) is 18.9 Å². The second kappa shape index (κ2) is 7.22. The average molecular weight is 416 g/mol. The third kappa shape index (κ3) is 3.64. The zero-order valence-electron chi connectivity index (χ0n) is 15.1. The van der Waals surface area contributed by atoms with E-state index < -0.39 is 45.4 Å². The van der Waals surface area contributed by atoms with Gasteiger partial charge in [0.2, 0.25) is 0 Å². The number of aliphatic hydroxyl groups is 1. The molecule has 0 aliphatic carbocycles. The number of aryl methyl sites for hydroxylation is 1. The average Bonchev–Trinajstić information content (AvgIpc) is 2.87. The van der Waals surface area contributed by atoms with E-state index in [2.05, 4.69) is 10.0 Å². The molecule has 3 rings (SSSR count). The van der Waals surface area contributed by atoms with Gasteiger partial charge >= 0.3 is 0 Å². The smallest absolute Gasteiger partial charge is 0.272 e. The third-order valence-corrected chi connectivity index (χ3v) is 6.22. The molecular formula is C17H19F3N4O3S. The summed E-state index contributed by atoms with van der Waals surface area (Å²) < 4.78 is 64.8. The van der Waals surface area contributed by atoms with Crippen molar-refractivity contribution in [1.82, 2.24) is 9.29 Å². The molecule has 152 valence electrons. The summed E-state index contributed by atoms with van der Waals surface area (Å²) in [6.45, 7) is 1.51. The van der Waals surface area contributed by atoms with Gasteiger partial charge in [0.05, 0.1) is 11.0 Å². The minimum Gasteiger partial charge on any atom is -0.392 e. The second-order valence-electron chi connectivity index (χ2n) is 6.70. The van der Waals surface area contributed by atoms with Crippen molar-refractivity contribution in [1.29, 1.82) is 4.78 Å². The highest BCUT2D eigenvalue weighted by Gasteiger charge is 2.32. The number of carbonyl (C=O) groups excluding carboxylic acids is 1. The topological polar surface area (TPSA) is 107 Å². The van der Waals surface area contributed by atoms with Gasteiger partial charge in [0.25, 0.3) is 5.91 Å². The first-order valence-electron chi connectivity index (χ1n) is 8.39. The van der Waals surface area contributed by atoms with Gasteiger partial charge in [-0.3, -0.25) is 4.79 Å². The minimum absolute atomic E-state index is 0.0631. The molecule has 0 spiro atoms. The van der Waals surface area contributed by atoms with Crippen LogP contribution in [0.5, 0.6) is 0 Å². The Bertz CT molecular complexity index is 1030. The van der Waals surface area contributed by atoms with Crippen molar-refractivity contribution in [3.8, 4) is 0 Å². The normalized spacial score (nSPS) is 23.0. The molecule has 0 saturated heterocycles. The zero-order valence-corrected chi connectivity index (χ0v) is 15.9. The molecule has 0 saturated carbocycles. The van der Waals surface area contributed by atoms with E-state index in [4.69, 9.17) is 4.78 Å². The number of aromatic nitrogens is 1. The molecule has 0 fully saturated rings. The number of rotatable bonds is 3. The molecule has 1 aromatic carbocycles. The molecule has 28 heavy (non-hydrogen) atoms. The Hall–Kier alpha value is -2.37. The molecular weight excluding hydrogens is 397 g/mol. The number of benzene rings is 1. The van der Waals surface area contributed by atoms with Crippen molar-refractivity contribution >= 4 is 21.5 Å². The Kier molecular flexibility index (Phi) is 5.26. The monoisotopic (exact) mass is 416 g/mol. The Labute approximate surface area is 159 Å². The fraction of sp³-hybridized carbons (Fsp3) is 0.353. The molecule has 0 bridgehead atoms. The fourth-order valence-electron chi connectivity index (χ4n) is 3.23. The summed E-state index contributed by atoms with van der Waals surface area (Å²) in [5, 5.41) is 12.1. The highest BCUT2D eigenvalue weighted by Crippen LogP contribution is 2.29. The van der Waals surface area contributed by atoms with Crippen LogP contribution in [-0.4, -0.2) is 31.9 Å². The standard InChI is InChI=1S/C17H19F3N4O3S/c1-8(25)13-4-3-10-14(28(21,27)23-13)7-24(2)16(10)17(26)22-9-5-11(18)15(20)12(19)6-9/h5-8,13,25H,3-4H2,1-2H3,(H,22,26)(H2,21,23,27). The molecule has 1 amide bonds. The zero-order chi connectivity index (χ0) is 20.8. The van der Waals surface area contributed by atoms with Crippen LogP contribution in [0.15, 0.2) is 23.2 Å². The van der Waals surface area contributed by atoms with Gasteiger partial charge in [-0.1, -0.05) is 0 Å². The lowest BCUT2D eigenvalue weighted by molar-refractivity contribution is 0.101.